The lowest BCUT2D eigenvalue weighted by molar-refractivity contribution is -0.143. The number of amides is 1. The predicted molar refractivity (Wildman–Crippen MR) is 89.3 cm³/mol. The Bertz CT molecular complexity index is 371. The number of hydrogen-bond acceptors (Lipinski definition) is 5. The molecule has 0 radical (unpaired) electrons. The summed E-state index contributed by atoms with van der Waals surface area (Å²) >= 11 is 0. The molecule has 1 aliphatic rings. The topological polar surface area (TPSA) is 67.9 Å². The summed E-state index contributed by atoms with van der Waals surface area (Å²) < 4.78 is 10.3. The molecule has 0 bridgehead atoms. The molecular weight excluding hydrogens is 296 g/mol. The van der Waals surface area contributed by atoms with E-state index in [4.69, 9.17) is 9.47 Å². The van der Waals surface area contributed by atoms with E-state index in [2.05, 4.69) is 5.32 Å². The van der Waals surface area contributed by atoms with E-state index in [1.807, 2.05) is 27.7 Å². The predicted octanol–water partition coefficient (Wildman–Crippen LogP) is 2.57. The zero-order chi connectivity index (χ0) is 17.3. The second-order valence-corrected chi connectivity index (χ2v) is 7.02. The SMILES string of the molecule is CCOC(=O)CCCNCC1CCN(C(=O)OC(C)(C)C)CC1. The lowest BCUT2D eigenvalue weighted by Gasteiger charge is -2.33. The summed E-state index contributed by atoms with van der Waals surface area (Å²) in [4.78, 5) is 25.0. The molecule has 1 amide bonds. The number of carbonyl (C=O) groups is 2. The molecule has 1 N–H and O–H groups in total. The molecule has 0 aromatic carbocycles. The van der Waals surface area contributed by atoms with Crippen molar-refractivity contribution in [3.05, 3.63) is 0 Å². The van der Waals surface area contributed by atoms with Gasteiger partial charge in [0, 0.05) is 19.5 Å². The van der Waals surface area contributed by atoms with E-state index in [-0.39, 0.29) is 12.1 Å². The normalized spacial score (nSPS) is 16.3. The van der Waals surface area contributed by atoms with Crippen LogP contribution in [0.15, 0.2) is 0 Å². The van der Waals surface area contributed by atoms with Gasteiger partial charge in [-0.2, -0.15) is 0 Å². The standard InChI is InChI=1S/C17H32N2O4/c1-5-22-15(20)7-6-10-18-13-14-8-11-19(12-9-14)16(21)23-17(2,3)4/h14,18H,5-13H2,1-4H3. The molecule has 6 heteroatoms. The van der Waals surface area contributed by atoms with Crippen molar-refractivity contribution < 1.29 is 19.1 Å². The minimum atomic E-state index is -0.436. The van der Waals surface area contributed by atoms with E-state index in [0.29, 0.717) is 18.9 Å². The molecule has 0 aromatic rings. The van der Waals surface area contributed by atoms with E-state index < -0.39 is 5.60 Å². The lowest BCUT2D eigenvalue weighted by Crippen LogP contribution is -2.43. The fraction of sp³-hybridized carbons (Fsp3) is 0.882. The van der Waals surface area contributed by atoms with Gasteiger partial charge in [0.2, 0.25) is 0 Å². The van der Waals surface area contributed by atoms with Gasteiger partial charge in [-0.3, -0.25) is 4.79 Å². The highest BCUT2D eigenvalue weighted by Crippen LogP contribution is 2.19. The Hall–Kier alpha value is -1.30. The fourth-order valence-corrected chi connectivity index (χ4v) is 2.54. The molecule has 1 heterocycles. The van der Waals surface area contributed by atoms with Gasteiger partial charge in [-0.25, -0.2) is 4.79 Å². The quantitative estimate of drug-likeness (QED) is 0.575. The maximum absolute atomic E-state index is 12.0. The van der Waals surface area contributed by atoms with E-state index in [0.717, 1.165) is 45.4 Å². The number of carbonyl (C=O) groups excluding carboxylic acids is 2. The Morgan fingerprint density at radius 1 is 1.22 bits per heavy atom. The number of hydrogen-bond donors (Lipinski definition) is 1. The van der Waals surface area contributed by atoms with Gasteiger partial charge in [0.25, 0.3) is 0 Å². The van der Waals surface area contributed by atoms with Gasteiger partial charge in [0.1, 0.15) is 5.60 Å². The Morgan fingerprint density at radius 2 is 1.87 bits per heavy atom. The molecule has 23 heavy (non-hydrogen) atoms. The second kappa shape index (κ2) is 9.75. The van der Waals surface area contributed by atoms with Crippen LogP contribution in [0.5, 0.6) is 0 Å². The van der Waals surface area contributed by atoms with Crippen LogP contribution in [0, 0.1) is 5.92 Å². The number of nitrogens with one attached hydrogen (secondary N) is 1. The van der Waals surface area contributed by atoms with Crippen LogP contribution in [0.25, 0.3) is 0 Å². The van der Waals surface area contributed by atoms with Crippen molar-refractivity contribution in [1.82, 2.24) is 10.2 Å². The molecule has 0 unspecified atom stereocenters. The first-order chi connectivity index (χ1) is 10.8. The van der Waals surface area contributed by atoms with Crippen LogP contribution in [0.1, 0.15) is 53.4 Å². The highest BCUT2D eigenvalue weighted by molar-refractivity contribution is 5.69. The summed E-state index contributed by atoms with van der Waals surface area (Å²) in [7, 11) is 0. The van der Waals surface area contributed by atoms with Gasteiger partial charge in [0.15, 0.2) is 0 Å². The average Bonchev–Trinajstić information content (AvgIpc) is 2.46. The minimum Gasteiger partial charge on any atom is -0.466 e. The maximum Gasteiger partial charge on any atom is 0.410 e. The van der Waals surface area contributed by atoms with Crippen LogP contribution in [0.2, 0.25) is 0 Å². The summed E-state index contributed by atoms with van der Waals surface area (Å²) in [6, 6.07) is 0. The van der Waals surface area contributed by atoms with Gasteiger partial charge < -0.3 is 19.7 Å². The van der Waals surface area contributed by atoms with Crippen LogP contribution in [-0.2, 0) is 14.3 Å². The van der Waals surface area contributed by atoms with Crippen molar-refractivity contribution in [3.8, 4) is 0 Å². The number of likely N-dealkylation sites (tertiary alicyclic amines) is 1. The van der Waals surface area contributed by atoms with E-state index >= 15 is 0 Å². The monoisotopic (exact) mass is 328 g/mol. The Kier molecular flexibility index (Phi) is 8.37. The van der Waals surface area contributed by atoms with Gasteiger partial charge in [-0.05, 0) is 66.0 Å². The Balaban J connectivity index is 2.10. The Labute approximate surface area is 139 Å². The third-order valence-corrected chi connectivity index (χ3v) is 3.74. The molecule has 1 rings (SSSR count). The molecule has 0 atom stereocenters. The number of piperidine rings is 1. The van der Waals surface area contributed by atoms with Gasteiger partial charge in [0.05, 0.1) is 6.61 Å². The summed E-state index contributed by atoms with van der Waals surface area (Å²) in [6.07, 6.45) is 3.04. The molecule has 1 aliphatic heterocycles. The van der Waals surface area contributed by atoms with Crippen LogP contribution in [-0.4, -0.2) is 55.3 Å². The molecule has 6 nitrogen and oxygen atoms in total. The number of nitrogens with zero attached hydrogens (tertiary/aromatic N) is 1. The van der Waals surface area contributed by atoms with Gasteiger partial charge >= 0.3 is 12.1 Å². The summed E-state index contributed by atoms with van der Waals surface area (Å²) in [5.74, 6) is 0.455. The van der Waals surface area contributed by atoms with Crippen molar-refractivity contribution in [2.24, 2.45) is 5.92 Å². The molecule has 1 saturated heterocycles. The summed E-state index contributed by atoms with van der Waals surface area (Å²) in [5, 5.41) is 3.39. The summed E-state index contributed by atoms with van der Waals surface area (Å²) in [5.41, 5.74) is -0.436. The number of rotatable bonds is 7. The van der Waals surface area contributed by atoms with Crippen molar-refractivity contribution in [1.29, 1.82) is 0 Å². The zero-order valence-corrected chi connectivity index (χ0v) is 15.0. The minimum absolute atomic E-state index is 0.125. The largest absolute Gasteiger partial charge is 0.466 e. The zero-order valence-electron chi connectivity index (χ0n) is 15.0. The molecule has 0 aliphatic carbocycles. The third-order valence-electron chi connectivity index (χ3n) is 3.74. The Morgan fingerprint density at radius 3 is 2.43 bits per heavy atom. The molecule has 134 valence electrons. The number of esters is 1. The smallest absolute Gasteiger partial charge is 0.410 e. The van der Waals surface area contributed by atoms with Crippen LogP contribution in [0.3, 0.4) is 0 Å². The molecule has 1 fully saturated rings. The first-order valence-corrected chi connectivity index (χ1v) is 8.66. The molecule has 0 saturated carbocycles. The van der Waals surface area contributed by atoms with Gasteiger partial charge in [-0.1, -0.05) is 0 Å². The fourth-order valence-electron chi connectivity index (χ4n) is 2.54. The average molecular weight is 328 g/mol. The van der Waals surface area contributed by atoms with E-state index in [1.54, 1.807) is 4.90 Å². The van der Waals surface area contributed by atoms with Crippen molar-refractivity contribution in [3.63, 3.8) is 0 Å². The van der Waals surface area contributed by atoms with Crippen LogP contribution in [0.4, 0.5) is 4.79 Å². The molecular formula is C17H32N2O4. The van der Waals surface area contributed by atoms with Crippen LogP contribution < -0.4 is 5.32 Å². The highest BCUT2D eigenvalue weighted by Gasteiger charge is 2.26. The highest BCUT2D eigenvalue weighted by atomic mass is 16.6. The number of ether oxygens (including phenoxy) is 2. The lowest BCUT2D eigenvalue weighted by atomic mass is 9.97. The first-order valence-electron chi connectivity index (χ1n) is 8.66. The third kappa shape index (κ3) is 8.79. The molecule has 0 aromatic heterocycles. The second-order valence-electron chi connectivity index (χ2n) is 7.02. The first kappa shape index (κ1) is 19.7. The van der Waals surface area contributed by atoms with Crippen molar-refractivity contribution in [2.75, 3.05) is 32.8 Å². The molecule has 0 spiro atoms. The maximum atomic E-state index is 12.0. The van der Waals surface area contributed by atoms with E-state index in [9.17, 15) is 9.59 Å². The van der Waals surface area contributed by atoms with Crippen molar-refractivity contribution >= 4 is 12.1 Å². The van der Waals surface area contributed by atoms with Gasteiger partial charge in [-0.15, -0.1) is 0 Å². The van der Waals surface area contributed by atoms with Crippen LogP contribution >= 0.6 is 0 Å². The summed E-state index contributed by atoms with van der Waals surface area (Å²) in [6.45, 7) is 11.2. The van der Waals surface area contributed by atoms with Crippen molar-refractivity contribution in [2.45, 2.75) is 59.0 Å². The van der Waals surface area contributed by atoms with E-state index in [1.165, 1.54) is 0 Å².